The van der Waals surface area contributed by atoms with E-state index in [0.717, 1.165) is 43.3 Å². The summed E-state index contributed by atoms with van der Waals surface area (Å²) in [5, 5.41) is 0.673. The third kappa shape index (κ3) is 3.45. The Morgan fingerprint density at radius 1 is 1.19 bits per heavy atom. The third-order valence-electron chi connectivity index (χ3n) is 3.66. The quantitative estimate of drug-likeness (QED) is 0.870. The molecule has 5 heteroatoms. The summed E-state index contributed by atoms with van der Waals surface area (Å²) >= 11 is 6.13. The standard InChI is InChI=1S/C16H18ClN3O/c1-12-18-9-6-16(19-12)20-10-7-13(8-11-20)21-15-5-3-2-4-14(15)17/h2-6,9,13H,7-8,10-11H2,1H3. The minimum Gasteiger partial charge on any atom is -0.489 e. The molecule has 2 heterocycles. The average molecular weight is 304 g/mol. The molecule has 0 saturated carbocycles. The van der Waals surface area contributed by atoms with E-state index in [0.29, 0.717) is 5.02 Å². The van der Waals surface area contributed by atoms with Crippen LogP contribution in [0.3, 0.4) is 0 Å². The monoisotopic (exact) mass is 303 g/mol. The van der Waals surface area contributed by atoms with Gasteiger partial charge in [-0.25, -0.2) is 9.97 Å². The first-order chi connectivity index (χ1) is 10.2. The summed E-state index contributed by atoms with van der Waals surface area (Å²) in [7, 11) is 0. The lowest BCUT2D eigenvalue weighted by molar-refractivity contribution is 0.171. The van der Waals surface area contributed by atoms with E-state index in [9.17, 15) is 0 Å². The van der Waals surface area contributed by atoms with E-state index in [1.54, 1.807) is 0 Å². The number of piperidine rings is 1. The Hall–Kier alpha value is -1.81. The first-order valence-corrected chi connectivity index (χ1v) is 7.56. The molecule has 1 aliphatic rings. The van der Waals surface area contributed by atoms with Gasteiger partial charge in [0.15, 0.2) is 0 Å². The summed E-state index contributed by atoms with van der Waals surface area (Å²) in [5.74, 6) is 2.58. The first kappa shape index (κ1) is 14.1. The molecule has 0 atom stereocenters. The molecule has 21 heavy (non-hydrogen) atoms. The van der Waals surface area contributed by atoms with Crippen LogP contribution in [0.5, 0.6) is 5.75 Å². The normalized spacial score (nSPS) is 16.0. The topological polar surface area (TPSA) is 38.2 Å². The SMILES string of the molecule is Cc1nccc(N2CCC(Oc3ccccc3Cl)CC2)n1. The largest absolute Gasteiger partial charge is 0.489 e. The molecule has 0 radical (unpaired) electrons. The van der Waals surface area contributed by atoms with Gasteiger partial charge in [-0.2, -0.15) is 0 Å². The number of hydrogen-bond donors (Lipinski definition) is 0. The molecule has 2 aromatic rings. The number of benzene rings is 1. The Kier molecular flexibility index (Phi) is 4.25. The zero-order chi connectivity index (χ0) is 14.7. The highest BCUT2D eigenvalue weighted by Gasteiger charge is 2.22. The Balaban J connectivity index is 1.59. The van der Waals surface area contributed by atoms with Crippen LogP contribution in [0.15, 0.2) is 36.5 Å². The second-order valence-electron chi connectivity index (χ2n) is 5.20. The Morgan fingerprint density at radius 2 is 1.95 bits per heavy atom. The molecular weight excluding hydrogens is 286 g/mol. The molecule has 110 valence electrons. The van der Waals surface area contributed by atoms with Gasteiger partial charge < -0.3 is 9.64 Å². The predicted molar refractivity (Wildman–Crippen MR) is 84.1 cm³/mol. The van der Waals surface area contributed by atoms with Crippen molar-refractivity contribution in [3.05, 3.63) is 47.4 Å². The van der Waals surface area contributed by atoms with Crippen LogP contribution in [0.25, 0.3) is 0 Å². The van der Waals surface area contributed by atoms with Crippen LogP contribution in [0.4, 0.5) is 5.82 Å². The van der Waals surface area contributed by atoms with Gasteiger partial charge >= 0.3 is 0 Å². The van der Waals surface area contributed by atoms with Crippen LogP contribution >= 0.6 is 11.6 Å². The molecule has 0 bridgehead atoms. The molecule has 1 aliphatic heterocycles. The molecule has 0 spiro atoms. The van der Waals surface area contributed by atoms with Crippen LogP contribution < -0.4 is 9.64 Å². The highest BCUT2D eigenvalue weighted by Crippen LogP contribution is 2.27. The van der Waals surface area contributed by atoms with Gasteiger partial charge in [-0.1, -0.05) is 23.7 Å². The number of aromatic nitrogens is 2. The van der Waals surface area contributed by atoms with Crippen molar-refractivity contribution in [2.45, 2.75) is 25.9 Å². The summed E-state index contributed by atoms with van der Waals surface area (Å²) in [4.78, 5) is 10.9. The Bertz CT molecular complexity index is 612. The van der Waals surface area contributed by atoms with E-state index in [4.69, 9.17) is 16.3 Å². The highest BCUT2D eigenvalue weighted by atomic mass is 35.5. The summed E-state index contributed by atoms with van der Waals surface area (Å²) in [6, 6.07) is 9.59. The lowest BCUT2D eigenvalue weighted by Gasteiger charge is -2.33. The molecule has 1 saturated heterocycles. The second kappa shape index (κ2) is 6.31. The van der Waals surface area contributed by atoms with Crippen molar-refractivity contribution in [3.8, 4) is 5.75 Å². The van der Waals surface area contributed by atoms with Gasteiger partial charge in [-0.15, -0.1) is 0 Å². The van der Waals surface area contributed by atoms with Crippen molar-refractivity contribution in [3.63, 3.8) is 0 Å². The lowest BCUT2D eigenvalue weighted by atomic mass is 10.1. The molecule has 1 fully saturated rings. The highest BCUT2D eigenvalue weighted by molar-refractivity contribution is 6.32. The third-order valence-corrected chi connectivity index (χ3v) is 3.97. The van der Waals surface area contributed by atoms with Gasteiger partial charge in [0.25, 0.3) is 0 Å². The van der Waals surface area contributed by atoms with E-state index in [1.165, 1.54) is 0 Å². The minimum absolute atomic E-state index is 0.212. The summed E-state index contributed by atoms with van der Waals surface area (Å²) in [6.45, 7) is 3.79. The predicted octanol–water partition coefficient (Wildman–Crippen LogP) is 3.49. The van der Waals surface area contributed by atoms with Gasteiger partial charge in [0.2, 0.25) is 0 Å². The maximum atomic E-state index is 6.13. The smallest absolute Gasteiger partial charge is 0.138 e. The summed E-state index contributed by atoms with van der Waals surface area (Å²) in [5.41, 5.74) is 0. The number of hydrogen-bond acceptors (Lipinski definition) is 4. The number of rotatable bonds is 3. The molecule has 4 nitrogen and oxygen atoms in total. The maximum Gasteiger partial charge on any atom is 0.138 e. The number of nitrogens with zero attached hydrogens (tertiary/aromatic N) is 3. The molecule has 1 aromatic heterocycles. The molecular formula is C16H18ClN3O. The van der Waals surface area contributed by atoms with E-state index in [2.05, 4.69) is 14.9 Å². The average Bonchev–Trinajstić information content (AvgIpc) is 2.50. The van der Waals surface area contributed by atoms with Gasteiger partial charge in [-0.3, -0.25) is 0 Å². The van der Waals surface area contributed by atoms with Crippen molar-refractivity contribution in [1.82, 2.24) is 9.97 Å². The van der Waals surface area contributed by atoms with E-state index < -0.39 is 0 Å². The molecule has 0 unspecified atom stereocenters. The van der Waals surface area contributed by atoms with Gasteiger partial charge in [0, 0.05) is 32.1 Å². The van der Waals surface area contributed by atoms with Gasteiger partial charge in [0.05, 0.1) is 5.02 Å². The van der Waals surface area contributed by atoms with Crippen molar-refractivity contribution < 1.29 is 4.74 Å². The fourth-order valence-corrected chi connectivity index (χ4v) is 2.72. The lowest BCUT2D eigenvalue weighted by Crippen LogP contribution is -2.38. The number of aryl methyl sites for hydroxylation is 1. The second-order valence-corrected chi connectivity index (χ2v) is 5.60. The van der Waals surface area contributed by atoms with Crippen molar-refractivity contribution in [1.29, 1.82) is 0 Å². The van der Waals surface area contributed by atoms with Crippen molar-refractivity contribution >= 4 is 17.4 Å². The maximum absolute atomic E-state index is 6.13. The number of para-hydroxylation sites is 1. The molecule has 0 amide bonds. The summed E-state index contributed by atoms with van der Waals surface area (Å²) in [6.07, 6.45) is 3.95. The van der Waals surface area contributed by atoms with Crippen LogP contribution in [0.2, 0.25) is 5.02 Å². The molecule has 0 aliphatic carbocycles. The van der Waals surface area contributed by atoms with E-state index >= 15 is 0 Å². The number of anilines is 1. The number of halogens is 1. The zero-order valence-electron chi connectivity index (χ0n) is 12.0. The van der Waals surface area contributed by atoms with Crippen LogP contribution in [-0.4, -0.2) is 29.2 Å². The zero-order valence-corrected chi connectivity index (χ0v) is 12.8. The summed E-state index contributed by atoms with van der Waals surface area (Å²) < 4.78 is 6.00. The number of ether oxygens (including phenoxy) is 1. The molecule has 3 rings (SSSR count). The van der Waals surface area contributed by atoms with Crippen LogP contribution in [-0.2, 0) is 0 Å². The van der Waals surface area contributed by atoms with Gasteiger partial charge in [-0.05, 0) is 25.1 Å². The van der Waals surface area contributed by atoms with Crippen LogP contribution in [0, 0.1) is 6.92 Å². The first-order valence-electron chi connectivity index (χ1n) is 7.18. The Labute approximate surface area is 129 Å². The van der Waals surface area contributed by atoms with Crippen molar-refractivity contribution in [2.24, 2.45) is 0 Å². The van der Waals surface area contributed by atoms with Gasteiger partial charge in [0.1, 0.15) is 23.5 Å². The minimum atomic E-state index is 0.212. The Morgan fingerprint density at radius 3 is 2.67 bits per heavy atom. The van der Waals surface area contributed by atoms with E-state index in [1.807, 2.05) is 43.5 Å². The molecule has 0 N–H and O–H groups in total. The van der Waals surface area contributed by atoms with E-state index in [-0.39, 0.29) is 6.10 Å². The molecule has 1 aromatic carbocycles. The van der Waals surface area contributed by atoms with Crippen LogP contribution in [0.1, 0.15) is 18.7 Å². The fourth-order valence-electron chi connectivity index (χ4n) is 2.54. The van der Waals surface area contributed by atoms with Crippen molar-refractivity contribution in [2.75, 3.05) is 18.0 Å². The fraction of sp³-hybridized carbons (Fsp3) is 0.375.